The summed E-state index contributed by atoms with van der Waals surface area (Å²) >= 11 is 1.20. The van der Waals surface area contributed by atoms with Crippen LogP contribution in [0.25, 0.3) is 10.9 Å². The topological polar surface area (TPSA) is 70.7 Å². The average molecular weight is 286 g/mol. The Balaban J connectivity index is 1.63. The van der Waals surface area contributed by atoms with E-state index in [1.807, 2.05) is 24.4 Å². The lowest BCUT2D eigenvalue weighted by atomic mass is 10.1. The lowest BCUT2D eigenvalue weighted by Gasteiger charge is -2.00. The molecular weight excluding hydrogens is 272 g/mol. The third-order valence-corrected chi connectivity index (χ3v) is 3.79. The summed E-state index contributed by atoms with van der Waals surface area (Å²) in [6, 6.07) is 8.09. The molecule has 0 aliphatic carbocycles. The first-order valence-corrected chi connectivity index (χ1v) is 7.15. The number of H-pyrrole nitrogens is 1. The summed E-state index contributed by atoms with van der Waals surface area (Å²) in [5.74, 6) is 0.647. The number of benzene rings is 1. The zero-order valence-corrected chi connectivity index (χ0v) is 11.8. The zero-order valence-electron chi connectivity index (χ0n) is 11.0. The highest BCUT2D eigenvalue weighted by atomic mass is 32.1. The molecule has 2 N–H and O–H groups in total. The number of nitrogens with zero attached hydrogens (tertiary/aromatic N) is 2. The summed E-state index contributed by atoms with van der Waals surface area (Å²) in [4.78, 5) is 19.2. The van der Waals surface area contributed by atoms with Gasteiger partial charge in [0.05, 0.1) is 0 Å². The predicted molar refractivity (Wildman–Crippen MR) is 79.9 cm³/mol. The van der Waals surface area contributed by atoms with Crippen molar-refractivity contribution in [2.24, 2.45) is 0 Å². The van der Waals surface area contributed by atoms with E-state index in [-0.39, 0.29) is 5.91 Å². The van der Waals surface area contributed by atoms with E-state index in [1.165, 1.54) is 16.9 Å². The molecule has 0 bridgehead atoms. The van der Waals surface area contributed by atoms with E-state index in [4.69, 9.17) is 0 Å². The fraction of sp³-hybridized carbons (Fsp3) is 0.214. The third-order valence-electron chi connectivity index (χ3n) is 3.07. The van der Waals surface area contributed by atoms with E-state index in [1.54, 1.807) is 6.92 Å². The van der Waals surface area contributed by atoms with Crippen LogP contribution in [0.4, 0.5) is 5.13 Å². The van der Waals surface area contributed by atoms with Gasteiger partial charge < -0.3 is 10.3 Å². The Morgan fingerprint density at radius 3 is 3.05 bits per heavy atom. The summed E-state index contributed by atoms with van der Waals surface area (Å²) in [7, 11) is 0. The van der Waals surface area contributed by atoms with Crippen molar-refractivity contribution >= 4 is 33.5 Å². The Morgan fingerprint density at radius 2 is 2.25 bits per heavy atom. The van der Waals surface area contributed by atoms with Gasteiger partial charge in [-0.15, -0.1) is 0 Å². The number of hydrogen-bond acceptors (Lipinski definition) is 4. The Bertz CT molecular complexity index is 746. The molecule has 0 fully saturated rings. The summed E-state index contributed by atoms with van der Waals surface area (Å²) in [6.45, 7) is 1.80. The smallest absolute Gasteiger partial charge is 0.226 e. The molecule has 2 heterocycles. The Morgan fingerprint density at radius 1 is 1.40 bits per heavy atom. The van der Waals surface area contributed by atoms with Gasteiger partial charge in [0.2, 0.25) is 11.0 Å². The van der Waals surface area contributed by atoms with Gasteiger partial charge in [0.1, 0.15) is 5.82 Å². The van der Waals surface area contributed by atoms with Crippen molar-refractivity contribution in [1.82, 2.24) is 14.3 Å². The molecule has 0 aliphatic heterocycles. The number of carbonyl (C=O) groups is 1. The van der Waals surface area contributed by atoms with Gasteiger partial charge in [-0.05, 0) is 25.0 Å². The number of hydrogen-bond donors (Lipinski definition) is 2. The van der Waals surface area contributed by atoms with Gasteiger partial charge in [-0.1, -0.05) is 18.2 Å². The molecule has 0 atom stereocenters. The SMILES string of the molecule is Cc1nsc(NC(=O)CCc2c[nH]c3ccccc23)n1. The van der Waals surface area contributed by atoms with Crippen molar-refractivity contribution in [3.05, 3.63) is 41.9 Å². The minimum Gasteiger partial charge on any atom is -0.361 e. The lowest BCUT2D eigenvalue weighted by molar-refractivity contribution is -0.116. The van der Waals surface area contributed by atoms with E-state index < -0.39 is 0 Å². The number of anilines is 1. The lowest BCUT2D eigenvalue weighted by Crippen LogP contribution is -2.12. The van der Waals surface area contributed by atoms with Gasteiger partial charge in [0.25, 0.3) is 0 Å². The van der Waals surface area contributed by atoms with E-state index >= 15 is 0 Å². The van der Waals surface area contributed by atoms with Crippen LogP contribution in [-0.4, -0.2) is 20.2 Å². The molecule has 102 valence electrons. The van der Waals surface area contributed by atoms with Crippen LogP contribution in [0, 0.1) is 6.92 Å². The molecule has 20 heavy (non-hydrogen) atoms. The highest BCUT2D eigenvalue weighted by Gasteiger charge is 2.08. The number of carbonyl (C=O) groups excluding carboxylic acids is 1. The van der Waals surface area contributed by atoms with Crippen molar-refractivity contribution < 1.29 is 4.79 Å². The fourth-order valence-corrected chi connectivity index (χ4v) is 2.71. The Hall–Kier alpha value is -2.21. The number of fused-ring (bicyclic) bond motifs is 1. The number of aromatic amines is 1. The third kappa shape index (κ3) is 2.70. The van der Waals surface area contributed by atoms with Crippen molar-refractivity contribution in [3.63, 3.8) is 0 Å². The van der Waals surface area contributed by atoms with Gasteiger partial charge in [0, 0.05) is 35.1 Å². The summed E-state index contributed by atoms with van der Waals surface area (Å²) in [6.07, 6.45) is 3.10. The normalized spacial score (nSPS) is 10.8. The van der Waals surface area contributed by atoms with Gasteiger partial charge in [-0.2, -0.15) is 4.37 Å². The van der Waals surface area contributed by atoms with Crippen LogP contribution in [-0.2, 0) is 11.2 Å². The summed E-state index contributed by atoms with van der Waals surface area (Å²) in [5, 5.41) is 4.50. The number of nitrogens with one attached hydrogen (secondary N) is 2. The molecule has 2 aromatic heterocycles. The summed E-state index contributed by atoms with van der Waals surface area (Å²) in [5.41, 5.74) is 2.26. The number of aryl methyl sites for hydroxylation is 2. The zero-order chi connectivity index (χ0) is 13.9. The molecule has 0 unspecified atom stereocenters. The van der Waals surface area contributed by atoms with Crippen LogP contribution >= 0.6 is 11.5 Å². The molecule has 3 aromatic rings. The minimum absolute atomic E-state index is 0.0357. The van der Waals surface area contributed by atoms with Crippen molar-refractivity contribution in [1.29, 1.82) is 0 Å². The fourth-order valence-electron chi connectivity index (χ4n) is 2.12. The number of rotatable bonds is 4. The summed E-state index contributed by atoms with van der Waals surface area (Å²) < 4.78 is 4.03. The Kier molecular flexibility index (Phi) is 3.47. The quantitative estimate of drug-likeness (QED) is 0.774. The second kappa shape index (κ2) is 5.42. The largest absolute Gasteiger partial charge is 0.361 e. The Labute approximate surface area is 120 Å². The monoisotopic (exact) mass is 286 g/mol. The van der Waals surface area contributed by atoms with Gasteiger partial charge in [-0.3, -0.25) is 4.79 Å². The molecule has 0 spiro atoms. The van der Waals surface area contributed by atoms with Crippen molar-refractivity contribution in [3.8, 4) is 0 Å². The molecule has 6 heteroatoms. The molecular formula is C14H14N4OS. The number of aromatic nitrogens is 3. The second-order valence-corrected chi connectivity index (χ2v) is 5.31. The number of amides is 1. The molecule has 0 aliphatic rings. The maximum atomic E-state index is 11.9. The second-order valence-electron chi connectivity index (χ2n) is 4.55. The van der Waals surface area contributed by atoms with Crippen LogP contribution in [0.5, 0.6) is 0 Å². The van der Waals surface area contributed by atoms with E-state index in [9.17, 15) is 4.79 Å². The van der Waals surface area contributed by atoms with Crippen LogP contribution in [0.15, 0.2) is 30.5 Å². The van der Waals surface area contributed by atoms with E-state index in [0.717, 1.165) is 11.1 Å². The molecule has 1 amide bonds. The van der Waals surface area contributed by atoms with Crippen molar-refractivity contribution in [2.75, 3.05) is 5.32 Å². The molecule has 3 rings (SSSR count). The van der Waals surface area contributed by atoms with Crippen molar-refractivity contribution in [2.45, 2.75) is 19.8 Å². The molecule has 0 saturated carbocycles. The van der Waals surface area contributed by atoms with Gasteiger partial charge in [-0.25, -0.2) is 4.98 Å². The standard InChI is InChI=1S/C14H14N4OS/c1-9-16-14(20-18-9)17-13(19)7-6-10-8-15-12-5-3-2-4-11(10)12/h2-5,8,15H,6-7H2,1H3,(H,16,17,18,19). The molecule has 5 nitrogen and oxygen atoms in total. The van der Waals surface area contributed by atoms with Crippen LogP contribution < -0.4 is 5.32 Å². The minimum atomic E-state index is -0.0357. The molecule has 0 radical (unpaired) electrons. The highest BCUT2D eigenvalue weighted by Crippen LogP contribution is 2.19. The van der Waals surface area contributed by atoms with Crippen LogP contribution in [0.1, 0.15) is 17.8 Å². The van der Waals surface area contributed by atoms with E-state index in [0.29, 0.717) is 23.8 Å². The highest BCUT2D eigenvalue weighted by molar-refractivity contribution is 7.09. The average Bonchev–Trinajstić information content (AvgIpc) is 3.03. The molecule has 1 aromatic carbocycles. The molecule has 0 saturated heterocycles. The van der Waals surface area contributed by atoms with Crippen LogP contribution in [0.3, 0.4) is 0 Å². The maximum Gasteiger partial charge on any atom is 0.226 e. The van der Waals surface area contributed by atoms with Gasteiger partial charge >= 0.3 is 0 Å². The van der Waals surface area contributed by atoms with E-state index in [2.05, 4.69) is 25.7 Å². The first kappa shape index (κ1) is 12.8. The van der Waals surface area contributed by atoms with Gasteiger partial charge in [0.15, 0.2) is 0 Å². The maximum absolute atomic E-state index is 11.9. The first-order valence-electron chi connectivity index (χ1n) is 6.37. The van der Waals surface area contributed by atoms with Crippen LogP contribution in [0.2, 0.25) is 0 Å². The number of para-hydroxylation sites is 1. The first-order chi connectivity index (χ1) is 9.72. The predicted octanol–water partition coefficient (Wildman–Crippen LogP) is 2.90.